The molecule has 0 spiro atoms. The minimum atomic E-state index is 0.644. The maximum Gasteiger partial charge on any atom is 0.224 e. The molecule has 2 aromatic heterocycles. The van der Waals surface area contributed by atoms with Crippen molar-refractivity contribution in [3.05, 3.63) is 23.3 Å². The zero-order chi connectivity index (χ0) is 14.9. The third-order valence-corrected chi connectivity index (χ3v) is 4.98. The van der Waals surface area contributed by atoms with Crippen molar-refractivity contribution in [2.24, 2.45) is 7.05 Å². The largest absolute Gasteiger partial charge is 0.350 e. The van der Waals surface area contributed by atoms with Crippen molar-refractivity contribution in [1.82, 2.24) is 24.5 Å². The van der Waals surface area contributed by atoms with Gasteiger partial charge in [-0.3, -0.25) is 9.25 Å². The molecule has 1 aliphatic heterocycles. The number of hydrogen-bond acceptors (Lipinski definition) is 4. The molecular formula is C16H24N6. The molecule has 1 aliphatic carbocycles. The van der Waals surface area contributed by atoms with Crippen LogP contribution >= 0.6 is 0 Å². The summed E-state index contributed by atoms with van der Waals surface area (Å²) in [5.74, 6) is 2.68. The maximum atomic E-state index is 4.71. The van der Waals surface area contributed by atoms with Gasteiger partial charge in [-0.25, -0.2) is 0 Å². The Bertz CT molecular complexity index is 650. The van der Waals surface area contributed by atoms with Gasteiger partial charge in [0.05, 0.1) is 5.69 Å². The van der Waals surface area contributed by atoms with Crippen LogP contribution in [0.4, 0.5) is 5.95 Å². The molecule has 0 bridgehead atoms. The maximum absolute atomic E-state index is 4.71. The molecule has 2 aromatic rings. The molecule has 1 saturated carbocycles. The van der Waals surface area contributed by atoms with E-state index in [-0.39, 0.29) is 0 Å². The van der Waals surface area contributed by atoms with Crippen LogP contribution in [0.15, 0.2) is 6.20 Å². The van der Waals surface area contributed by atoms with Crippen LogP contribution in [0.5, 0.6) is 0 Å². The average Bonchev–Trinajstić information content (AvgIpc) is 3.24. The fourth-order valence-corrected chi connectivity index (χ4v) is 3.85. The standard InChI is InChI=1S/C16H24N6/c1-21-11-13(15(20-21)12-6-2-3-7-12)10-17-16-19-18-14-8-4-5-9-22(14)16/h11-12H,2-10H2,1H3,(H,17,19). The summed E-state index contributed by atoms with van der Waals surface area (Å²) in [6.07, 6.45) is 10.9. The van der Waals surface area contributed by atoms with Crippen LogP contribution < -0.4 is 5.32 Å². The summed E-state index contributed by atoms with van der Waals surface area (Å²) in [6.45, 7) is 1.82. The Morgan fingerprint density at radius 3 is 2.91 bits per heavy atom. The smallest absolute Gasteiger partial charge is 0.224 e. The third kappa shape index (κ3) is 2.51. The van der Waals surface area contributed by atoms with Gasteiger partial charge in [0.15, 0.2) is 0 Å². The Labute approximate surface area is 130 Å². The van der Waals surface area contributed by atoms with Gasteiger partial charge in [0, 0.05) is 44.2 Å². The van der Waals surface area contributed by atoms with E-state index < -0.39 is 0 Å². The second kappa shape index (κ2) is 5.74. The summed E-state index contributed by atoms with van der Waals surface area (Å²) in [4.78, 5) is 0. The molecule has 0 amide bonds. The van der Waals surface area contributed by atoms with Crippen molar-refractivity contribution in [3.8, 4) is 0 Å². The minimum absolute atomic E-state index is 0.644. The van der Waals surface area contributed by atoms with E-state index in [2.05, 4.69) is 26.3 Å². The van der Waals surface area contributed by atoms with Crippen molar-refractivity contribution in [3.63, 3.8) is 0 Å². The Hall–Kier alpha value is -1.85. The second-order valence-electron chi connectivity index (χ2n) is 6.60. The zero-order valence-electron chi connectivity index (χ0n) is 13.3. The van der Waals surface area contributed by atoms with Crippen molar-refractivity contribution < 1.29 is 0 Å². The highest BCUT2D eigenvalue weighted by Crippen LogP contribution is 2.35. The van der Waals surface area contributed by atoms with Crippen LogP contribution in [0.3, 0.4) is 0 Å². The minimum Gasteiger partial charge on any atom is -0.350 e. The number of nitrogens with zero attached hydrogens (tertiary/aromatic N) is 5. The van der Waals surface area contributed by atoms with Crippen LogP contribution in [0, 0.1) is 0 Å². The van der Waals surface area contributed by atoms with Crippen LogP contribution in [-0.4, -0.2) is 24.5 Å². The molecule has 0 saturated heterocycles. The van der Waals surface area contributed by atoms with E-state index in [9.17, 15) is 0 Å². The van der Waals surface area contributed by atoms with Crippen molar-refractivity contribution >= 4 is 5.95 Å². The highest BCUT2D eigenvalue weighted by Gasteiger charge is 2.23. The SMILES string of the molecule is Cn1cc(CNc2nnc3n2CCCC3)c(C2CCCC2)n1. The van der Waals surface area contributed by atoms with Gasteiger partial charge in [-0.2, -0.15) is 5.10 Å². The van der Waals surface area contributed by atoms with Crippen LogP contribution in [-0.2, 0) is 26.6 Å². The molecule has 4 rings (SSSR count). The summed E-state index contributed by atoms with van der Waals surface area (Å²) in [5, 5.41) is 16.8. The number of rotatable bonds is 4. The number of nitrogens with one attached hydrogen (secondary N) is 1. The summed E-state index contributed by atoms with van der Waals surface area (Å²) >= 11 is 0. The van der Waals surface area contributed by atoms with E-state index >= 15 is 0 Å². The topological polar surface area (TPSA) is 60.6 Å². The summed E-state index contributed by atoms with van der Waals surface area (Å²) in [7, 11) is 2.01. The molecule has 0 aromatic carbocycles. The Balaban J connectivity index is 1.51. The molecular weight excluding hydrogens is 276 g/mol. The fourth-order valence-electron chi connectivity index (χ4n) is 3.85. The van der Waals surface area contributed by atoms with Crippen LogP contribution in [0.2, 0.25) is 0 Å². The quantitative estimate of drug-likeness (QED) is 0.943. The normalized spacial score (nSPS) is 18.6. The zero-order valence-corrected chi connectivity index (χ0v) is 13.3. The number of fused-ring (bicyclic) bond motifs is 1. The van der Waals surface area contributed by atoms with Crippen LogP contribution in [0.25, 0.3) is 0 Å². The van der Waals surface area contributed by atoms with Gasteiger partial charge in [-0.05, 0) is 25.7 Å². The van der Waals surface area contributed by atoms with Gasteiger partial charge in [0.2, 0.25) is 5.95 Å². The lowest BCUT2D eigenvalue weighted by atomic mass is 10.0. The van der Waals surface area contributed by atoms with Gasteiger partial charge in [-0.15, -0.1) is 10.2 Å². The molecule has 22 heavy (non-hydrogen) atoms. The third-order valence-electron chi connectivity index (χ3n) is 4.98. The van der Waals surface area contributed by atoms with E-state index in [4.69, 9.17) is 5.10 Å². The lowest BCUT2D eigenvalue weighted by Gasteiger charge is -2.15. The molecule has 6 nitrogen and oxygen atoms in total. The number of aromatic nitrogens is 5. The van der Waals surface area contributed by atoms with Gasteiger partial charge in [0.1, 0.15) is 5.82 Å². The molecule has 3 heterocycles. The van der Waals surface area contributed by atoms with Gasteiger partial charge >= 0.3 is 0 Å². The molecule has 6 heteroatoms. The molecule has 1 N–H and O–H groups in total. The second-order valence-corrected chi connectivity index (χ2v) is 6.60. The monoisotopic (exact) mass is 300 g/mol. The highest BCUT2D eigenvalue weighted by molar-refractivity contribution is 5.31. The van der Waals surface area contributed by atoms with Crippen molar-refractivity contribution in [2.45, 2.75) is 64.0 Å². The predicted octanol–water partition coefficient (Wildman–Crippen LogP) is 2.62. The first-order valence-electron chi connectivity index (χ1n) is 8.49. The van der Waals surface area contributed by atoms with Gasteiger partial charge in [0.25, 0.3) is 0 Å². The molecule has 0 atom stereocenters. The molecule has 0 unspecified atom stereocenters. The Morgan fingerprint density at radius 1 is 1.18 bits per heavy atom. The van der Waals surface area contributed by atoms with E-state index in [1.807, 2.05) is 11.7 Å². The van der Waals surface area contributed by atoms with Crippen LogP contribution in [0.1, 0.15) is 61.5 Å². The lowest BCUT2D eigenvalue weighted by Crippen LogP contribution is -2.14. The Morgan fingerprint density at radius 2 is 2.05 bits per heavy atom. The first-order valence-corrected chi connectivity index (χ1v) is 8.49. The molecule has 2 aliphatic rings. The predicted molar refractivity (Wildman–Crippen MR) is 84.7 cm³/mol. The Kier molecular flexibility index (Phi) is 3.60. The first kappa shape index (κ1) is 13.8. The fraction of sp³-hybridized carbons (Fsp3) is 0.688. The first-order chi connectivity index (χ1) is 10.8. The number of aryl methyl sites for hydroxylation is 2. The summed E-state index contributed by atoms with van der Waals surface area (Å²) < 4.78 is 4.18. The summed E-state index contributed by atoms with van der Waals surface area (Å²) in [6, 6.07) is 0. The van der Waals surface area contributed by atoms with E-state index in [0.29, 0.717) is 5.92 Å². The number of anilines is 1. The molecule has 0 radical (unpaired) electrons. The average molecular weight is 300 g/mol. The summed E-state index contributed by atoms with van der Waals surface area (Å²) in [5.41, 5.74) is 2.59. The van der Waals surface area contributed by atoms with E-state index in [1.165, 1.54) is 49.8 Å². The molecule has 118 valence electrons. The number of hydrogen-bond donors (Lipinski definition) is 1. The highest BCUT2D eigenvalue weighted by atomic mass is 15.4. The molecule has 1 fully saturated rings. The lowest BCUT2D eigenvalue weighted by molar-refractivity contribution is 0.525. The van der Waals surface area contributed by atoms with Crippen molar-refractivity contribution in [1.29, 1.82) is 0 Å². The van der Waals surface area contributed by atoms with Gasteiger partial charge in [-0.1, -0.05) is 12.8 Å². The van der Waals surface area contributed by atoms with E-state index in [0.717, 1.165) is 31.3 Å². The van der Waals surface area contributed by atoms with Gasteiger partial charge < -0.3 is 5.32 Å². The van der Waals surface area contributed by atoms with Crippen molar-refractivity contribution in [2.75, 3.05) is 5.32 Å². The van der Waals surface area contributed by atoms with E-state index in [1.54, 1.807) is 0 Å².